The predicted molar refractivity (Wildman–Crippen MR) is 74.4 cm³/mol. The number of hydrogen-bond donors (Lipinski definition) is 1. The van der Waals surface area contributed by atoms with Crippen molar-refractivity contribution < 1.29 is 0 Å². The molecule has 0 unspecified atom stereocenters. The lowest BCUT2D eigenvalue weighted by Gasteiger charge is -2.09. The average molecular weight is 311 g/mol. The number of nitrogens with two attached hydrogens (primary N) is 1. The van der Waals surface area contributed by atoms with Crippen LogP contribution in [0.5, 0.6) is 0 Å². The second kappa shape index (κ2) is 4.54. The van der Waals surface area contributed by atoms with Gasteiger partial charge in [0.15, 0.2) is 0 Å². The van der Waals surface area contributed by atoms with E-state index in [1.807, 2.05) is 32.0 Å². The quantitative estimate of drug-likeness (QED) is 0.865. The summed E-state index contributed by atoms with van der Waals surface area (Å²) in [4.78, 5) is 4.61. The van der Waals surface area contributed by atoms with Crippen LogP contribution < -0.4 is 5.73 Å². The van der Waals surface area contributed by atoms with E-state index in [0.717, 1.165) is 27.4 Å². The molecule has 0 bridgehead atoms. The third kappa shape index (κ3) is 2.37. The fourth-order valence-corrected chi connectivity index (χ4v) is 2.16. The van der Waals surface area contributed by atoms with E-state index in [4.69, 9.17) is 18.0 Å². The Morgan fingerprint density at radius 2 is 2.12 bits per heavy atom. The van der Waals surface area contributed by atoms with E-state index in [0.29, 0.717) is 4.99 Å². The minimum atomic E-state index is 0.342. The van der Waals surface area contributed by atoms with Gasteiger partial charge >= 0.3 is 0 Å². The lowest BCUT2D eigenvalue weighted by atomic mass is 10.2. The van der Waals surface area contributed by atoms with Gasteiger partial charge in [-0.15, -0.1) is 0 Å². The summed E-state index contributed by atoms with van der Waals surface area (Å²) in [5.74, 6) is 1.53. The Balaban J connectivity index is 2.67. The number of rotatable bonds is 2. The molecule has 1 aromatic heterocycles. The number of benzene rings is 1. The van der Waals surface area contributed by atoms with Crippen LogP contribution >= 0.6 is 28.1 Å². The van der Waals surface area contributed by atoms with Crippen molar-refractivity contribution in [1.82, 2.24) is 14.8 Å². The lowest BCUT2D eigenvalue weighted by Crippen LogP contribution is -2.14. The molecule has 0 atom stereocenters. The van der Waals surface area contributed by atoms with Crippen LogP contribution in [0.15, 0.2) is 22.7 Å². The molecule has 0 aliphatic heterocycles. The molecular formula is C11H11BrN4S. The highest BCUT2D eigenvalue weighted by molar-refractivity contribution is 9.10. The van der Waals surface area contributed by atoms with Crippen LogP contribution in [0.25, 0.3) is 5.69 Å². The number of aryl methyl sites for hydroxylation is 2. The number of thiocarbonyl (C=S) groups is 1. The molecule has 0 spiro atoms. The van der Waals surface area contributed by atoms with Gasteiger partial charge in [0.05, 0.1) is 5.69 Å². The van der Waals surface area contributed by atoms with Crippen LogP contribution in [0.4, 0.5) is 0 Å². The molecule has 0 amide bonds. The molecule has 0 radical (unpaired) electrons. The van der Waals surface area contributed by atoms with Crippen molar-refractivity contribution in [2.75, 3.05) is 0 Å². The molecule has 0 aliphatic carbocycles. The highest BCUT2D eigenvalue weighted by Gasteiger charge is 2.12. The molecule has 2 rings (SSSR count). The first-order valence-corrected chi connectivity index (χ1v) is 6.19. The lowest BCUT2D eigenvalue weighted by molar-refractivity contribution is 0.829. The van der Waals surface area contributed by atoms with Crippen LogP contribution in [0.1, 0.15) is 17.2 Å². The van der Waals surface area contributed by atoms with Gasteiger partial charge in [0, 0.05) is 10.0 Å². The Bertz CT molecular complexity index is 591. The SMILES string of the molecule is Cc1nc(C)n(-c2ccc(Br)cc2C(N)=S)n1. The molecule has 17 heavy (non-hydrogen) atoms. The van der Waals surface area contributed by atoms with E-state index in [2.05, 4.69) is 26.0 Å². The fraction of sp³-hybridized carbons (Fsp3) is 0.182. The van der Waals surface area contributed by atoms with Gasteiger partial charge in [-0.25, -0.2) is 9.67 Å². The van der Waals surface area contributed by atoms with Gasteiger partial charge in [0.1, 0.15) is 16.6 Å². The summed E-state index contributed by atoms with van der Waals surface area (Å²) in [7, 11) is 0. The first kappa shape index (κ1) is 12.2. The number of halogens is 1. The maximum Gasteiger partial charge on any atom is 0.148 e. The van der Waals surface area contributed by atoms with Crippen LogP contribution in [-0.4, -0.2) is 19.8 Å². The third-order valence-corrected chi connectivity index (χ3v) is 3.04. The fourth-order valence-electron chi connectivity index (χ4n) is 1.64. The summed E-state index contributed by atoms with van der Waals surface area (Å²) in [6.45, 7) is 3.74. The van der Waals surface area contributed by atoms with E-state index < -0.39 is 0 Å². The zero-order valence-corrected chi connectivity index (χ0v) is 11.8. The van der Waals surface area contributed by atoms with Crippen molar-refractivity contribution in [3.05, 3.63) is 39.9 Å². The zero-order chi connectivity index (χ0) is 12.6. The minimum absolute atomic E-state index is 0.342. The van der Waals surface area contributed by atoms with Gasteiger partial charge in [-0.3, -0.25) is 0 Å². The smallest absolute Gasteiger partial charge is 0.148 e. The topological polar surface area (TPSA) is 56.7 Å². The predicted octanol–water partition coefficient (Wildman–Crippen LogP) is 2.28. The Morgan fingerprint density at radius 3 is 2.65 bits per heavy atom. The van der Waals surface area contributed by atoms with E-state index in [9.17, 15) is 0 Å². The molecule has 0 saturated heterocycles. The summed E-state index contributed by atoms with van der Waals surface area (Å²) in [5.41, 5.74) is 7.35. The van der Waals surface area contributed by atoms with Crippen LogP contribution in [0.2, 0.25) is 0 Å². The summed E-state index contributed by atoms with van der Waals surface area (Å²) >= 11 is 8.46. The normalized spacial score (nSPS) is 10.5. The zero-order valence-electron chi connectivity index (χ0n) is 9.44. The van der Waals surface area contributed by atoms with E-state index in [1.54, 1.807) is 4.68 Å². The first-order valence-electron chi connectivity index (χ1n) is 4.99. The molecule has 0 aliphatic rings. The van der Waals surface area contributed by atoms with Gasteiger partial charge in [0.25, 0.3) is 0 Å². The van der Waals surface area contributed by atoms with Gasteiger partial charge in [-0.1, -0.05) is 28.1 Å². The third-order valence-electron chi connectivity index (χ3n) is 2.33. The Labute approximate surface area is 113 Å². The molecule has 0 fully saturated rings. The molecule has 2 aromatic rings. The Kier molecular flexibility index (Phi) is 3.26. The van der Waals surface area contributed by atoms with Crippen LogP contribution in [0, 0.1) is 13.8 Å². The number of hydrogen-bond acceptors (Lipinski definition) is 3. The van der Waals surface area contributed by atoms with Crippen molar-refractivity contribution in [2.24, 2.45) is 5.73 Å². The Morgan fingerprint density at radius 1 is 1.41 bits per heavy atom. The summed E-state index contributed by atoms with van der Waals surface area (Å²) in [5, 5.41) is 4.33. The molecule has 2 N–H and O–H groups in total. The van der Waals surface area contributed by atoms with Crippen molar-refractivity contribution >= 4 is 33.1 Å². The Hall–Kier alpha value is -1.27. The van der Waals surface area contributed by atoms with Gasteiger partial charge in [-0.2, -0.15) is 5.10 Å². The number of aromatic nitrogens is 3. The minimum Gasteiger partial charge on any atom is -0.389 e. The monoisotopic (exact) mass is 310 g/mol. The van der Waals surface area contributed by atoms with Gasteiger partial charge in [0.2, 0.25) is 0 Å². The van der Waals surface area contributed by atoms with Crippen LogP contribution in [-0.2, 0) is 0 Å². The molecule has 1 heterocycles. The molecular weight excluding hydrogens is 300 g/mol. The molecule has 0 saturated carbocycles. The average Bonchev–Trinajstić information content (AvgIpc) is 2.57. The van der Waals surface area contributed by atoms with Crippen molar-refractivity contribution in [1.29, 1.82) is 0 Å². The largest absolute Gasteiger partial charge is 0.389 e. The molecule has 4 nitrogen and oxygen atoms in total. The van der Waals surface area contributed by atoms with E-state index in [1.165, 1.54) is 0 Å². The highest BCUT2D eigenvalue weighted by Crippen LogP contribution is 2.20. The number of nitrogens with zero attached hydrogens (tertiary/aromatic N) is 3. The summed E-state index contributed by atoms with van der Waals surface area (Å²) < 4.78 is 2.68. The van der Waals surface area contributed by atoms with E-state index in [-0.39, 0.29) is 0 Å². The maximum atomic E-state index is 5.73. The molecule has 6 heteroatoms. The van der Waals surface area contributed by atoms with Gasteiger partial charge < -0.3 is 5.73 Å². The summed E-state index contributed by atoms with van der Waals surface area (Å²) in [6.07, 6.45) is 0. The second-order valence-corrected chi connectivity index (χ2v) is 5.00. The molecule has 88 valence electrons. The van der Waals surface area contributed by atoms with Crippen molar-refractivity contribution in [3.8, 4) is 5.69 Å². The van der Waals surface area contributed by atoms with Crippen molar-refractivity contribution in [3.63, 3.8) is 0 Å². The van der Waals surface area contributed by atoms with Gasteiger partial charge in [-0.05, 0) is 32.0 Å². The molecule has 1 aromatic carbocycles. The first-order chi connectivity index (χ1) is 7.99. The highest BCUT2D eigenvalue weighted by atomic mass is 79.9. The second-order valence-electron chi connectivity index (χ2n) is 3.64. The summed E-state index contributed by atoms with van der Waals surface area (Å²) in [6, 6.07) is 5.72. The maximum absolute atomic E-state index is 5.73. The van der Waals surface area contributed by atoms with E-state index >= 15 is 0 Å². The standard InChI is InChI=1S/C11H11BrN4S/c1-6-14-7(2)16(15-6)10-4-3-8(12)5-9(10)11(13)17/h3-5H,1-2H3,(H2,13,17). The van der Waals surface area contributed by atoms with Crippen molar-refractivity contribution in [2.45, 2.75) is 13.8 Å². The van der Waals surface area contributed by atoms with Crippen LogP contribution in [0.3, 0.4) is 0 Å².